The number of fused-ring (bicyclic) bond motifs is 2. The summed E-state index contributed by atoms with van der Waals surface area (Å²) in [7, 11) is 0. The molecule has 0 atom stereocenters. The topological polar surface area (TPSA) is 46.1 Å². The Morgan fingerprint density at radius 2 is 2.12 bits per heavy atom. The predicted octanol–water partition coefficient (Wildman–Crippen LogP) is 3.68. The molecule has 2 aromatic heterocycles. The summed E-state index contributed by atoms with van der Waals surface area (Å²) in [5.41, 5.74) is 2.63. The molecule has 4 nitrogen and oxygen atoms in total. The van der Waals surface area contributed by atoms with Crippen molar-refractivity contribution in [1.82, 2.24) is 14.9 Å². The van der Waals surface area contributed by atoms with E-state index in [9.17, 15) is 4.79 Å². The van der Waals surface area contributed by atoms with Crippen LogP contribution >= 0.6 is 23.1 Å². The van der Waals surface area contributed by atoms with Crippen LogP contribution in [0.1, 0.15) is 16.0 Å². The molecule has 0 saturated carbocycles. The van der Waals surface area contributed by atoms with Gasteiger partial charge in [-0.1, -0.05) is 36.0 Å². The first-order valence-corrected chi connectivity index (χ1v) is 9.69. The van der Waals surface area contributed by atoms with Crippen molar-refractivity contribution < 1.29 is 4.79 Å². The lowest BCUT2D eigenvalue weighted by atomic mass is 10.00. The molecule has 122 valence electrons. The molecule has 0 bridgehead atoms. The van der Waals surface area contributed by atoms with Crippen molar-refractivity contribution in [1.29, 1.82) is 0 Å². The predicted molar refractivity (Wildman–Crippen MR) is 98.4 cm³/mol. The van der Waals surface area contributed by atoms with Crippen molar-refractivity contribution in [3.8, 4) is 0 Å². The Labute approximate surface area is 148 Å². The van der Waals surface area contributed by atoms with Crippen LogP contribution in [0, 0.1) is 6.92 Å². The molecule has 0 unspecified atom stereocenters. The molecule has 6 heteroatoms. The third-order valence-electron chi connectivity index (χ3n) is 4.23. The molecular formula is C18H17N3OS2. The minimum Gasteiger partial charge on any atom is -0.337 e. The molecular weight excluding hydrogens is 338 g/mol. The molecule has 0 radical (unpaired) electrons. The molecule has 1 aliphatic rings. The van der Waals surface area contributed by atoms with Gasteiger partial charge in [-0.3, -0.25) is 4.79 Å². The third kappa shape index (κ3) is 3.03. The van der Waals surface area contributed by atoms with Crippen LogP contribution in [-0.4, -0.2) is 33.1 Å². The minimum atomic E-state index is 0.174. The number of thiophene rings is 1. The van der Waals surface area contributed by atoms with E-state index >= 15 is 0 Å². The highest BCUT2D eigenvalue weighted by molar-refractivity contribution is 8.00. The second-order valence-electron chi connectivity index (χ2n) is 5.88. The highest BCUT2D eigenvalue weighted by atomic mass is 32.2. The minimum absolute atomic E-state index is 0.174. The summed E-state index contributed by atoms with van der Waals surface area (Å²) in [6.07, 6.45) is 2.52. The van der Waals surface area contributed by atoms with Crippen LogP contribution in [-0.2, 0) is 17.8 Å². The SMILES string of the molecule is Cc1cc2c(SCC(=O)N3CCc4ccccc4C3)ncnc2s1. The molecule has 0 spiro atoms. The van der Waals surface area contributed by atoms with E-state index in [-0.39, 0.29) is 5.91 Å². The number of nitrogens with zero attached hydrogens (tertiary/aromatic N) is 3. The van der Waals surface area contributed by atoms with Crippen molar-refractivity contribution in [2.75, 3.05) is 12.3 Å². The van der Waals surface area contributed by atoms with Crippen molar-refractivity contribution in [3.63, 3.8) is 0 Å². The standard InChI is InChI=1S/C18H17N3OS2/c1-12-8-15-17(19-11-20-18(15)24-12)23-10-16(22)21-7-6-13-4-2-3-5-14(13)9-21/h2-5,8,11H,6-7,9-10H2,1H3. The molecule has 24 heavy (non-hydrogen) atoms. The van der Waals surface area contributed by atoms with Gasteiger partial charge in [-0.25, -0.2) is 9.97 Å². The molecule has 1 aliphatic heterocycles. The summed E-state index contributed by atoms with van der Waals surface area (Å²) < 4.78 is 0. The average Bonchev–Trinajstić information content (AvgIpc) is 3.00. The average molecular weight is 355 g/mol. The van der Waals surface area contributed by atoms with E-state index in [4.69, 9.17) is 0 Å². The van der Waals surface area contributed by atoms with Gasteiger partial charge in [-0.05, 0) is 30.5 Å². The Balaban J connectivity index is 1.45. The molecule has 3 heterocycles. The zero-order valence-corrected chi connectivity index (χ0v) is 15.0. The fraction of sp³-hybridized carbons (Fsp3) is 0.278. The Kier molecular flexibility index (Phi) is 4.24. The van der Waals surface area contributed by atoms with E-state index < -0.39 is 0 Å². The van der Waals surface area contributed by atoms with Crippen LogP contribution in [0.4, 0.5) is 0 Å². The maximum Gasteiger partial charge on any atom is 0.233 e. The van der Waals surface area contributed by atoms with Crippen LogP contribution in [0.15, 0.2) is 41.7 Å². The van der Waals surface area contributed by atoms with Gasteiger partial charge in [0.25, 0.3) is 0 Å². The van der Waals surface area contributed by atoms with Crippen LogP contribution in [0.3, 0.4) is 0 Å². The van der Waals surface area contributed by atoms with Gasteiger partial charge in [-0.15, -0.1) is 11.3 Å². The van der Waals surface area contributed by atoms with Crippen molar-refractivity contribution in [3.05, 3.63) is 52.7 Å². The van der Waals surface area contributed by atoms with Crippen LogP contribution in [0.5, 0.6) is 0 Å². The summed E-state index contributed by atoms with van der Waals surface area (Å²) in [5, 5.41) is 1.96. The van der Waals surface area contributed by atoms with E-state index in [1.165, 1.54) is 27.8 Å². The Bertz CT molecular complexity index is 906. The molecule has 1 aromatic carbocycles. The Morgan fingerprint density at radius 1 is 1.29 bits per heavy atom. The first-order chi connectivity index (χ1) is 11.7. The number of rotatable bonds is 3. The van der Waals surface area contributed by atoms with E-state index in [1.54, 1.807) is 17.7 Å². The van der Waals surface area contributed by atoms with E-state index in [2.05, 4.69) is 41.2 Å². The number of thioether (sulfide) groups is 1. The second kappa shape index (κ2) is 6.53. The molecule has 0 saturated heterocycles. The van der Waals surface area contributed by atoms with Crippen LogP contribution < -0.4 is 0 Å². The molecule has 0 N–H and O–H groups in total. The van der Waals surface area contributed by atoms with Crippen molar-refractivity contribution >= 4 is 39.2 Å². The molecule has 1 amide bonds. The summed E-state index contributed by atoms with van der Waals surface area (Å²) in [4.78, 5) is 25.4. The maximum atomic E-state index is 12.6. The van der Waals surface area contributed by atoms with E-state index in [0.29, 0.717) is 12.3 Å². The third-order valence-corrected chi connectivity index (χ3v) is 6.18. The monoisotopic (exact) mass is 355 g/mol. The van der Waals surface area contributed by atoms with Crippen LogP contribution in [0.2, 0.25) is 0 Å². The maximum absolute atomic E-state index is 12.6. The van der Waals surface area contributed by atoms with E-state index in [1.807, 2.05) is 11.0 Å². The van der Waals surface area contributed by atoms with Crippen molar-refractivity contribution in [2.45, 2.75) is 24.9 Å². The highest BCUT2D eigenvalue weighted by Gasteiger charge is 2.20. The summed E-state index contributed by atoms with van der Waals surface area (Å²) in [6.45, 7) is 3.58. The normalized spacial score (nSPS) is 14.0. The number of hydrogen-bond acceptors (Lipinski definition) is 5. The second-order valence-corrected chi connectivity index (χ2v) is 8.08. The number of benzene rings is 1. The molecule has 4 rings (SSSR count). The summed E-state index contributed by atoms with van der Waals surface area (Å²) >= 11 is 3.17. The largest absolute Gasteiger partial charge is 0.337 e. The van der Waals surface area contributed by atoms with Gasteiger partial charge in [0.15, 0.2) is 0 Å². The van der Waals surface area contributed by atoms with Gasteiger partial charge in [-0.2, -0.15) is 0 Å². The van der Waals surface area contributed by atoms with Gasteiger partial charge in [0.2, 0.25) is 5.91 Å². The van der Waals surface area contributed by atoms with E-state index in [0.717, 1.165) is 28.2 Å². The first-order valence-electron chi connectivity index (χ1n) is 7.89. The smallest absolute Gasteiger partial charge is 0.233 e. The number of hydrogen-bond donors (Lipinski definition) is 0. The molecule has 3 aromatic rings. The number of aryl methyl sites for hydroxylation is 1. The lowest BCUT2D eigenvalue weighted by molar-refractivity contribution is -0.129. The lowest BCUT2D eigenvalue weighted by Crippen LogP contribution is -2.37. The van der Waals surface area contributed by atoms with Crippen LogP contribution in [0.25, 0.3) is 10.2 Å². The zero-order chi connectivity index (χ0) is 16.5. The quantitative estimate of drug-likeness (QED) is 0.531. The van der Waals surface area contributed by atoms with Gasteiger partial charge in [0, 0.05) is 23.4 Å². The zero-order valence-electron chi connectivity index (χ0n) is 13.4. The Hall–Kier alpha value is -1.92. The number of aromatic nitrogens is 2. The fourth-order valence-electron chi connectivity index (χ4n) is 3.00. The number of carbonyl (C=O) groups excluding carboxylic acids is 1. The lowest BCUT2D eigenvalue weighted by Gasteiger charge is -2.28. The number of amides is 1. The van der Waals surface area contributed by atoms with Gasteiger partial charge < -0.3 is 4.90 Å². The molecule has 0 fully saturated rings. The van der Waals surface area contributed by atoms with Gasteiger partial charge in [0.1, 0.15) is 16.2 Å². The Morgan fingerprint density at radius 3 is 3.00 bits per heavy atom. The summed E-state index contributed by atoms with van der Waals surface area (Å²) in [5.74, 6) is 0.594. The summed E-state index contributed by atoms with van der Waals surface area (Å²) in [6, 6.07) is 10.5. The first kappa shape index (κ1) is 15.6. The van der Waals surface area contributed by atoms with Gasteiger partial charge in [0.05, 0.1) is 5.75 Å². The van der Waals surface area contributed by atoms with Crippen molar-refractivity contribution in [2.24, 2.45) is 0 Å². The van der Waals surface area contributed by atoms with Gasteiger partial charge >= 0.3 is 0 Å². The highest BCUT2D eigenvalue weighted by Crippen LogP contribution is 2.30. The fourth-order valence-corrected chi connectivity index (χ4v) is 4.79. The molecule has 0 aliphatic carbocycles. The number of carbonyl (C=O) groups is 1.